The lowest BCUT2D eigenvalue weighted by Gasteiger charge is -2.46. The van der Waals surface area contributed by atoms with Crippen LogP contribution in [-0.2, 0) is 66.9 Å². The van der Waals surface area contributed by atoms with Crippen LogP contribution >= 0.6 is 24.4 Å². The van der Waals surface area contributed by atoms with E-state index in [-0.39, 0.29) is 41.7 Å². The molecule has 3 fully saturated rings. The number of nitrogens with two attached hydrogens (primary N) is 1. The van der Waals surface area contributed by atoms with Gasteiger partial charge in [0.25, 0.3) is 0 Å². The Morgan fingerprint density at radius 2 is 1.24 bits per heavy atom. The number of hydrogen-bond donors (Lipinski definition) is 16. The van der Waals surface area contributed by atoms with Crippen molar-refractivity contribution < 1.29 is 97.5 Å². The Bertz CT molecular complexity index is 2320. The predicted molar refractivity (Wildman–Crippen MR) is 297 cm³/mol. The number of aliphatic hydroxyl groups excluding tert-OH is 5. The number of carbonyl (C=O) groups excluding carboxylic acids is 9. The summed E-state index contributed by atoms with van der Waals surface area (Å²) in [6.45, 7) is 10.9. The second kappa shape index (κ2) is 33.6. The van der Waals surface area contributed by atoms with E-state index < -0.39 is 201 Å². The molecule has 0 bridgehead atoms. The van der Waals surface area contributed by atoms with Gasteiger partial charge in [0.15, 0.2) is 12.6 Å². The van der Waals surface area contributed by atoms with Gasteiger partial charge in [0.1, 0.15) is 85.0 Å². The summed E-state index contributed by atoms with van der Waals surface area (Å²) in [5.41, 5.74) is 5.15. The van der Waals surface area contributed by atoms with Crippen LogP contribution in [0.3, 0.4) is 0 Å². The standard InChI is InChI=1S/C50H83N11O20S2/c1-20(2)15-28(58-44(73)27(55-24(7)63)12-13-34(66)67)45(74)54-22(5)43(72)60-36(48(77)59-35(21(3)4)47(76)53-17-33(65)61-14-10-11-29(61)46(75)52-16-32(51)64)23(6)79-50-38(57-26(9)83)42(71)40(69)31(81-50)19-78-49-37(56-25(8)82)41(70)39(68)30(18-62)80-49/h20-23,27-31,35-42,49-50,62,68-71H,10-19H2,1-9H3,(H2,51,64)(H,52,75)(H,53,76)(H,54,74)(H,55,63)(H,56,82)(H,57,83)(H,58,73)(H,59,77)(H,60,72)(H,66,67)/t22-,23+,27-,28-,29-,30+,31+,35-,36-,37+,38+,39-,40-,41+,42+,49-,50-/m0/s1. The number of nitrogens with zero attached hydrogens (tertiary/aromatic N) is 1. The van der Waals surface area contributed by atoms with Crippen molar-refractivity contribution in [1.29, 1.82) is 0 Å². The van der Waals surface area contributed by atoms with Gasteiger partial charge in [-0.15, -0.1) is 0 Å². The molecule has 470 valence electrons. The third kappa shape index (κ3) is 21.9. The zero-order valence-electron chi connectivity index (χ0n) is 47.8. The third-order valence-corrected chi connectivity index (χ3v) is 13.8. The zero-order chi connectivity index (χ0) is 62.7. The second-order valence-electron chi connectivity index (χ2n) is 21.3. The summed E-state index contributed by atoms with van der Waals surface area (Å²) >= 11 is 10.4. The van der Waals surface area contributed by atoms with Gasteiger partial charge in [0.05, 0.1) is 42.4 Å². The fraction of sp³-hybridized carbons (Fsp3) is 0.760. The van der Waals surface area contributed by atoms with Crippen molar-refractivity contribution in [3.63, 3.8) is 0 Å². The summed E-state index contributed by atoms with van der Waals surface area (Å²) in [6.07, 6.45) is -14.4. The molecule has 0 aromatic rings. The second-order valence-corrected chi connectivity index (χ2v) is 22.6. The van der Waals surface area contributed by atoms with Gasteiger partial charge in [0, 0.05) is 19.9 Å². The summed E-state index contributed by atoms with van der Waals surface area (Å²) in [6, 6.07) is -11.1. The molecule has 31 nitrogen and oxygen atoms in total. The molecule has 0 radical (unpaired) electrons. The maximum absolute atomic E-state index is 14.7. The van der Waals surface area contributed by atoms with Crippen molar-refractivity contribution >= 4 is 93.5 Å². The van der Waals surface area contributed by atoms with Gasteiger partial charge in [-0.1, -0.05) is 52.1 Å². The molecule has 0 aliphatic carbocycles. The lowest BCUT2D eigenvalue weighted by atomic mass is 9.96. The number of likely N-dealkylation sites (tertiary alicyclic amines) is 1. The topological polar surface area (TPSA) is 467 Å². The lowest BCUT2D eigenvalue weighted by molar-refractivity contribution is -0.307. The molecule has 0 spiro atoms. The predicted octanol–water partition coefficient (Wildman–Crippen LogP) is -6.36. The lowest BCUT2D eigenvalue weighted by Crippen LogP contribution is -2.67. The average Bonchev–Trinajstić information content (AvgIpc) is 3.98. The van der Waals surface area contributed by atoms with Crippen LogP contribution in [-0.4, -0.2) is 241 Å². The van der Waals surface area contributed by atoms with Gasteiger partial charge in [-0.2, -0.15) is 0 Å². The van der Waals surface area contributed by atoms with Crippen LogP contribution in [0.4, 0.5) is 0 Å². The van der Waals surface area contributed by atoms with E-state index in [1.165, 1.54) is 32.6 Å². The highest BCUT2D eigenvalue weighted by atomic mass is 32.1. The average molecular weight is 1220 g/mol. The first-order chi connectivity index (χ1) is 38.8. The Kier molecular flexibility index (Phi) is 28.9. The molecule has 17 N–H and O–H groups in total. The number of carboxylic acids is 1. The van der Waals surface area contributed by atoms with E-state index in [0.29, 0.717) is 6.42 Å². The normalized spacial score (nSPS) is 26.4. The Morgan fingerprint density at radius 3 is 1.78 bits per heavy atom. The Labute approximate surface area is 490 Å². The SMILES string of the molecule is CC(=O)N[C@@H](CCC(=O)O)C(=O)N[C@@H](CC(C)C)C(=O)N[C@@H](C)C(=O)N[C@H](C(=O)N[C@H](C(=O)NCC(=O)N1CCC[C@H]1C(=O)NCC(N)=O)C(C)C)[C@@H](C)O[C@H]1O[C@H](CO[C@H]2O[C@H](CO)[C@H](O)[C@H](O)[C@H]2NC(C)=S)[C@H](O)[C@H](O)[C@H]1NC(C)=S. The van der Waals surface area contributed by atoms with Gasteiger partial charge < -0.3 is 108 Å². The monoisotopic (exact) mass is 1220 g/mol. The first-order valence-corrected chi connectivity index (χ1v) is 27.9. The molecular formula is C50H83N11O20S2. The molecule has 0 unspecified atom stereocenters. The largest absolute Gasteiger partial charge is 0.481 e. The van der Waals surface area contributed by atoms with Crippen molar-refractivity contribution in [1.82, 2.24) is 52.8 Å². The van der Waals surface area contributed by atoms with Crippen LogP contribution in [0.25, 0.3) is 0 Å². The number of nitrogens with one attached hydrogen (secondary N) is 9. The number of carboxylic acid groups (broad SMARTS) is 1. The van der Waals surface area contributed by atoms with Crippen LogP contribution in [0.2, 0.25) is 0 Å². The van der Waals surface area contributed by atoms with Crippen molar-refractivity contribution in [2.75, 3.05) is 32.8 Å². The quantitative estimate of drug-likeness (QED) is 0.0298. The zero-order valence-corrected chi connectivity index (χ0v) is 49.4. The number of rotatable bonds is 30. The van der Waals surface area contributed by atoms with Gasteiger partial charge in [-0.25, -0.2) is 0 Å². The summed E-state index contributed by atoms with van der Waals surface area (Å²) in [4.78, 5) is 132. The molecule has 0 saturated carbocycles. The Balaban J connectivity index is 1.99. The molecule has 83 heavy (non-hydrogen) atoms. The molecule has 0 aromatic carbocycles. The van der Waals surface area contributed by atoms with Crippen LogP contribution in [0.1, 0.15) is 94.4 Å². The molecule has 0 aromatic heterocycles. The van der Waals surface area contributed by atoms with E-state index in [0.717, 1.165) is 6.92 Å². The van der Waals surface area contributed by atoms with Gasteiger partial charge in [-0.3, -0.25) is 47.9 Å². The molecule has 3 heterocycles. The van der Waals surface area contributed by atoms with E-state index in [4.69, 9.17) is 49.1 Å². The summed E-state index contributed by atoms with van der Waals surface area (Å²) in [5, 5.41) is 86.4. The van der Waals surface area contributed by atoms with E-state index >= 15 is 0 Å². The minimum Gasteiger partial charge on any atom is -0.481 e. The molecule has 3 saturated heterocycles. The Hall–Kier alpha value is -5.88. The third-order valence-electron chi connectivity index (χ3n) is 13.6. The minimum atomic E-state index is -1.85. The number of ether oxygens (including phenoxy) is 4. The van der Waals surface area contributed by atoms with E-state index in [1.807, 2.05) is 0 Å². The Morgan fingerprint density at radius 1 is 0.675 bits per heavy atom. The maximum atomic E-state index is 14.7. The smallest absolute Gasteiger partial charge is 0.303 e. The van der Waals surface area contributed by atoms with E-state index in [9.17, 15) is 78.6 Å². The first-order valence-electron chi connectivity index (χ1n) is 27.1. The highest BCUT2D eigenvalue weighted by Gasteiger charge is 2.50. The summed E-state index contributed by atoms with van der Waals surface area (Å²) < 4.78 is 24.1. The molecule has 3 aliphatic rings. The van der Waals surface area contributed by atoms with Gasteiger partial charge in [-0.05, 0) is 65.2 Å². The van der Waals surface area contributed by atoms with Crippen molar-refractivity contribution in [3.05, 3.63) is 0 Å². The molecule has 17 atom stereocenters. The molecule has 3 aliphatic heterocycles. The number of thiocarbonyl (C=S) groups is 2. The van der Waals surface area contributed by atoms with Crippen LogP contribution in [0.15, 0.2) is 0 Å². The highest BCUT2D eigenvalue weighted by molar-refractivity contribution is 7.80. The number of aliphatic hydroxyl groups is 5. The van der Waals surface area contributed by atoms with Gasteiger partial charge >= 0.3 is 5.97 Å². The number of primary amides is 1. The number of aliphatic carboxylic acids is 1. The van der Waals surface area contributed by atoms with Crippen molar-refractivity contribution in [2.24, 2.45) is 17.6 Å². The number of carbonyl (C=O) groups is 10. The maximum Gasteiger partial charge on any atom is 0.303 e. The van der Waals surface area contributed by atoms with Crippen LogP contribution < -0.4 is 53.6 Å². The fourth-order valence-corrected chi connectivity index (χ4v) is 9.53. The highest BCUT2D eigenvalue weighted by Crippen LogP contribution is 2.28. The first kappa shape index (κ1) is 71.4. The van der Waals surface area contributed by atoms with E-state index in [1.54, 1.807) is 27.7 Å². The van der Waals surface area contributed by atoms with Crippen molar-refractivity contribution in [2.45, 2.75) is 198 Å². The van der Waals surface area contributed by atoms with E-state index in [2.05, 4.69) is 47.9 Å². The minimum absolute atomic E-state index is 0.000709. The number of hydrogen-bond acceptors (Lipinski definition) is 21. The molecule has 33 heteroatoms. The van der Waals surface area contributed by atoms with Crippen LogP contribution in [0.5, 0.6) is 0 Å². The fourth-order valence-electron chi connectivity index (χ4n) is 9.26. The van der Waals surface area contributed by atoms with Crippen LogP contribution in [0, 0.1) is 11.8 Å². The summed E-state index contributed by atoms with van der Waals surface area (Å²) in [5.74, 6) is -9.72. The molecular weight excluding hydrogens is 1140 g/mol. The number of amides is 9. The van der Waals surface area contributed by atoms with Crippen molar-refractivity contribution in [3.8, 4) is 0 Å². The van der Waals surface area contributed by atoms with Gasteiger partial charge in [0.2, 0.25) is 53.2 Å². The molecule has 9 amide bonds. The molecule has 3 rings (SSSR count). The summed E-state index contributed by atoms with van der Waals surface area (Å²) in [7, 11) is 0.